The Hall–Kier alpha value is -2.57. The highest BCUT2D eigenvalue weighted by molar-refractivity contribution is 6.31. The Labute approximate surface area is 174 Å². The quantitative estimate of drug-likeness (QED) is 0.718. The van der Waals surface area contributed by atoms with Gasteiger partial charge in [-0.15, -0.1) is 0 Å². The lowest BCUT2D eigenvalue weighted by Crippen LogP contribution is -2.41. The fourth-order valence-corrected chi connectivity index (χ4v) is 4.37. The zero-order chi connectivity index (χ0) is 20.7. The van der Waals surface area contributed by atoms with Gasteiger partial charge >= 0.3 is 0 Å². The molecule has 4 N–H and O–H groups in total. The molecule has 1 fully saturated rings. The summed E-state index contributed by atoms with van der Waals surface area (Å²) in [6.45, 7) is 3.04. The van der Waals surface area contributed by atoms with E-state index in [4.69, 9.17) is 17.3 Å². The predicted octanol–water partition coefficient (Wildman–Crippen LogP) is 3.40. The van der Waals surface area contributed by atoms with Crippen LogP contribution < -0.4 is 11.1 Å². The number of carbonyl (C=O) groups excluding carboxylic acids is 2. The lowest BCUT2D eigenvalue weighted by molar-refractivity contribution is -0.115. The van der Waals surface area contributed by atoms with E-state index in [-0.39, 0.29) is 29.5 Å². The number of amides is 2. The zero-order valence-electron chi connectivity index (χ0n) is 16.2. The van der Waals surface area contributed by atoms with Crippen LogP contribution in [0.3, 0.4) is 0 Å². The third-order valence-corrected chi connectivity index (χ3v) is 6.39. The fraction of sp³-hybridized carbons (Fsp3) is 0.364. The number of phenolic OH excluding ortho intramolecular Hbond substituents is 1. The molecule has 7 heteroatoms. The Morgan fingerprint density at radius 3 is 2.72 bits per heavy atom. The van der Waals surface area contributed by atoms with Gasteiger partial charge < -0.3 is 21.1 Å². The molecule has 6 nitrogen and oxygen atoms in total. The number of piperidine rings is 1. The fourth-order valence-electron chi connectivity index (χ4n) is 4.19. The van der Waals surface area contributed by atoms with Gasteiger partial charge in [0.15, 0.2) is 0 Å². The van der Waals surface area contributed by atoms with Gasteiger partial charge in [-0.1, -0.05) is 17.7 Å². The van der Waals surface area contributed by atoms with Gasteiger partial charge in [-0.25, -0.2) is 0 Å². The predicted molar refractivity (Wildman–Crippen MR) is 112 cm³/mol. The number of halogens is 1. The number of likely N-dealkylation sites (tertiary alicyclic amines) is 1. The molecule has 2 aromatic carbocycles. The van der Waals surface area contributed by atoms with E-state index in [9.17, 15) is 14.7 Å². The number of nitrogens with two attached hydrogens (primary N) is 1. The molecule has 1 saturated heterocycles. The monoisotopic (exact) mass is 413 g/mol. The SMILES string of the molecule is Cc1cc(O)c([C@H](N)C2CCN(C(=O)c3ccc4c(c3)NC(=O)C4)CC2)cc1Cl. The number of phenols is 1. The van der Waals surface area contributed by atoms with Gasteiger partial charge in [-0.05, 0) is 61.1 Å². The van der Waals surface area contributed by atoms with E-state index < -0.39 is 0 Å². The molecule has 2 aliphatic heterocycles. The number of aromatic hydroxyl groups is 1. The Morgan fingerprint density at radius 1 is 1.28 bits per heavy atom. The van der Waals surface area contributed by atoms with Gasteiger partial charge in [0.2, 0.25) is 5.91 Å². The molecule has 29 heavy (non-hydrogen) atoms. The number of anilines is 1. The Balaban J connectivity index is 1.42. The molecule has 0 aliphatic carbocycles. The van der Waals surface area contributed by atoms with E-state index in [1.54, 1.807) is 24.3 Å². The summed E-state index contributed by atoms with van der Waals surface area (Å²) in [5.74, 6) is 0.238. The molecule has 2 aromatic rings. The van der Waals surface area contributed by atoms with Crippen molar-refractivity contribution in [2.75, 3.05) is 18.4 Å². The summed E-state index contributed by atoms with van der Waals surface area (Å²) in [5.41, 5.74) is 10.1. The lowest BCUT2D eigenvalue weighted by atomic mass is 9.85. The van der Waals surface area contributed by atoms with E-state index in [0.29, 0.717) is 35.7 Å². The van der Waals surface area contributed by atoms with Gasteiger partial charge in [-0.3, -0.25) is 9.59 Å². The number of aryl methyl sites for hydroxylation is 1. The van der Waals surface area contributed by atoms with Crippen molar-refractivity contribution in [2.24, 2.45) is 11.7 Å². The largest absolute Gasteiger partial charge is 0.508 e. The maximum Gasteiger partial charge on any atom is 0.253 e. The summed E-state index contributed by atoms with van der Waals surface area (Å²) in [4.78, 5) is 26.2. The highest BCUT2D eigenvalue weighted by Crippen LogP contribution is 2.36. The van der Waals surface area contributed by atoms with Gasteiger partial charge in [-0.2, -0.15) is 0 Å². The van der Waals surface area contributed by atoms with Crippen LogP contribution in [0.5, 0.6) is 5.75 Å². The zero-order valence-corrected chi connectivity index (χ0v) is 17.0. The van der Waals surface area contributed by atoms with Crippen LogP contribution >= 0.6 is 11.6 Å². The van der Waals surface area contributed by atoms with Gasteiger partial charge in [0.25, 0.3) is 5.91 Å². The molecule has 0 unspecified atom stereocenters. The van der Waals surface area contributed by atoms with Crippen molar-refractivity contribution in [1.82, 2.24) is 4.90 Å². The molecule has 0 spiro atoms. The van der Waals surface area contributed by atoms with Crippen molar-refractivity contribution in [3.63, 3.8) is 0 Å². The van der Waals surface area contributed by atoms with Crippen LogP contribution in [0.4, 0.5) is 5.69 Å². The van der Waals surface area contributed by atoms with E-state index in [1.165, 1.54) is 0 Å². The van der Waals surface area contributed by atoms with Gasteiger partial charge in [0.05, 0.1) is 6.42 Å². The van der Waals surface area contributed by atoms with Crippen molar-refractivity contribution in [2.45, 2.75) is 32.2 Å². The number of fused-ring (bicyclic) bond motifs is 1. The maximum atomic E-state index is 12.9. The van der Waals surface area contributed by atoms with Crippen LogP contribution in [0.15, 0.2) is 30.3 Å². The molecule has 0 saturated carbocycles. The summed E-state index contributed by atoms with van der Waals surface area (Å²) in [6.07, 6.45) is 1.86. The first-order valence-electron chi connectivity index (χ1n) is 9.80. The van der Waals surface area contributed by atoms with Gasteiger partial charge in [0, 0.05) is 41.0 Å². The van der Waals surface area contributed by atoms with Crippen molar-refractivity contribution >= 4 is 29.1 Å². The topological polar surface area (TPSA) is 95.7 Å². The number of nitrogens with one attached hydrogen (secondary N) is 1. The number of benzene rings is 2. The number of nitrogens with zero attached hydrogens (tertiary/aromatic N) is 1. The summed E-state index contributed by atoms with van der Waals surface area (Å²) in [5, 5.41) is 13.6. The highest BCUT2D eigenvalue weighted by Gasteiger charge is 2.30. The Morgan fingerprint density at radius 2 is 2.00 bits per heavy atom. The molecule has 2 amide bonds. The normalized spacial score (nSPS) is 17.8. The molecule has 1 atom stereocenters. The number of hydrogen-bond donors (Lipinski definition) is 3. The molecule has 4 rings (SSSR count). The average molecular weight is 414 g/mol. The molecular weight excluding hydrogens is 390 g/mol. The van der Waals surface area contributed by atoms with E-state index in [1.807, 2.05) is 17.9 Å². The van der Waals surface area contributed by atoms with Crippen molar-refractivity contribution in [1.29, 1.82) is 0 Å². The Kier molecular flexibility index (Phi) is 5.23. The molecule has 0 aromatic heterocycles. The van der Waals surface area contributed by atoms with Crippen LogP contribution in [0.25, 0.3) is 0 Å². The van der Waals surface area contributed by atoms with Crippen LogP contribution in [0.2, 0.25) is 5.02 Å². The second kappa shape index (κ2) is 7.69. The standard InChI is InChI=1S/C22H24ClN3O3/c1-12-8-19(27)16(11-17(12)23)21(24)13-4-6-26(7-5-13)22(29)15-3-2-14-10-20(28)25-18(14)9-15/h2-3,8-9,11,13,21,27H,4-7,10,24H2,1H3,(H,25,28)/t21-/m1/s1. The van der Waals surface area contributed by atoms with Crippen molar-refractivity contribution < 1.29 is 14.7 Å². The molecule has 2 aliphatic rings. The molecular formula is C22H24ClN3O3. The number of hydrogen-bond acceptors (Lipinski definition) is 4. The number of rotatable bonds is 3. The highest BCUT2D eigenvalue weighted by atomic mass is 35.5. The Bertz CT molecular complexity index is 984. The molecule has 152 valence electrons. The minimum Gasteiger partial charge on any atom is -0.508 e. The summed E-state index contributed by atoms with van der Waals surface area (Å²) in [6, 6.07) is 8.43. The summed E-state index contributed by atoms with van der Waals surface area (Å²) in [7, 11) is 0. The minimum absolute atomic E-state index is 0.0396. The van der Waals surface area contributed by atoms with Crippen LogP contribution in [-0.2, 0) is 11.2 Å². The van der Waals surface area contributed by atoms with Crippen LogP contribution in [-0.4, -0.2) is 34.9 Å². The third-order valence-electron chi connectivity index (χ3n) is 5.98. The van der Waals surface area contributed by atoms with Gasteiger partial charge in [0.1, 0.15) is 5.75 Å². The smallest absolute Gasteiger partial charge is 0.253 e. The van der Waals surface area contributed by atoms with Crippen molar-refractivity contribution in [3.05, 3.63) is 57.6 Å². The van der Waals surface area contributed by atoms with E-state index in [0.717, 1.165) is 29.7 Å². The first-order chi connectivity index (χ1) is 13.8. The second-order valence-corrected chi connectivity index (χ2v) is 8.32. The third kappa shape index (κ3) is 3.82. The lowest BCUT2D eigenvalue weighted by Gasteiger charge is -2.35. The van der Waals surface area contributed by atoms with E-state index in [2.05, 4.69) is 5.32 Å². The van der Waals surface area contributed by atoms with Crippen LogP contribution in [0, 0.1) is 12.8 Å². The summed E-state index contributed by atoms with van der Waals surface area (Å²) < 4.78 is 0. The van der Waals surface area contributed by atoms with E-state index >= 15 is 0 Å². The first-order valence-corrected chi connectivity index (χ1v) is 10.2. The second-order valence-electron chi connectivity index (χ2n) is 7.91. The summed E-state index contributed by atoms with van der Waals surface area (Å²) >= 11 is 6.20. The maximum absolute atomic E-state index is 12.9. The first kappa shape index (κ1) is 19.7. The molecule has 0 bridgehead atoms. The number of carbonyl (C=O) groups is 2. The molecule has 0 radical (unpaired) electrons. The average Bonchev–Trinajstić information content (AvgIpc) is 3.09. The minimum atomic E-state index is -0.333. The molecule has 2 heterocycles. The van der Waals surface area contributed by atoms with Crippen molar-refractivity contribution in [3.8, 4) is 5.75 Å². The van der Waals surface area contributed by atoms with Crippen LogP contribution in [0.1, 0.15) is 45.9 Å².